The lowest BCUT2D eigenvalue weighted by molar-refractivity contribution is -0.137. The molecule has 1 heterocycles. The second-order valence-corrected chi connectivity index (χ2v) is 5.58. The first-order valence-corrected chi connectivity index (χ1v) is 7.77. The molecule has 7 heteroatoms. The standard InChI is InChI=1S/C17H19F3N2O2/c18-17(19,20)14-6-3-13(4-7-14)5-8-15(23)21-10-9-16(24)22-11-1-2-12-22/h3-8H,1-2,9-12H2,(H,21,23)/b8-5+. The van der Waals surface area contributed by atoms with Crippen molar-refractivity contribution in [3.05, 3.63) is 41.5 Å². The number of amides is 2. The van der Waals surface area contributed by atoms with Crippen molar-refractivity contribution >= 4 is 17.9 Å². The number of carbonyl (C=O) groups is 2. The Morgan fingerprint density at radius 1 is 1.12 bits per heavy atom. The van der Waals surface area contributed by atoms with Crippen LogP contribution in [0.4, 0.5) is 13.2 Å². The van der Waals surface area contributed by atoms with Crippen LogP contribution in [0.3, 0.4) is 0 Å². The highest BCUT2D eigenvalue weighted by molar-refractivity contribution is 5.92. The van der Waals surface area contributed by atoms with E-state index in [0.29, 0.717) is 5.56 Å². The van der Waals surface area contributed by atoms with Crippen molar-refractivity contribution in [2.24, 2.45) is 0 Å². The van der Waals surface area contributed by atoms with Crippen molar-refractivity contribution in [2.45, 2.75) is 25.4 Å². The summed E-state index contributed by atoms with van der Waals surface area (Å²) in [5.41, 5.74) is -0.240. The molecule has 130 valence electrons. The van der Waals surface area contributed by atoms with E-state index in [0.717, 1.165) is 38.1 Å². The molecule has 0 saturated carbocycles. The summed E-state index contributed by atoms with van der Waals surface area (Å²) < 4.78 is 37.3. The van der Waals surface area contributed by atoms with E-state index in [9.17, 15) is 22.8 Å². The van der Waals surface area contributed by atoms with E-state index in [-0.39, 0.29) is 24.8 Å². The first kappa shape index (κ1) is 18.0. The molecule has 0 radical (unpaired) electrons. The Kier molecular flexibility index (Phi) is 6.00. The Morgan fingerprint density at radius 3 is 2.33 bits per heavy atom. The molecule has 24 heavy (non-hydrogen) atoms. The lowest BCUT2D eigenvalue weighted by atomic mass is 10.1. The monoisotopic (exact) mass is 340 g/mol. The van der Waals surface area contributed by atoms with Gasteiger partial charge in [-0.1, -0.05) is 12.1 Å². The minimum absolute atomic E-state index is 0.0273. The highest BCUT2D eigenvalue weighted by Gasteiger charge is 2.29. The maximum atomic E-state index is 12.4. The average molecular weight is 340 g/mol. The molecule has 4 nitrogen and oxygen atoms in total. The number of alkyl halides is 3. The zero-order valence-electron chi connectivity index (χ0n) is 13.1. The molecule has 0 bridgehead atoms. The molecule has 1 aromatic rings. The smallest absolute Gasteiger partial charge is 0.352 e. The maximum absolute atomic E-state index is 12.4. The second-order valence-electron chi connectivity index (χ2n) is 5.58. The first-order valence-electron chi connectivity index (χ1n) is 7.77. The van der Waals surface area contributed by atoms with Crippen LogP contribution in [0.5, 0.6) is 0 Å². The molecule has 0 aliphatic carbocycles. The third kappa shape index (κ3) is 5.40. The molecule has 2 amide bonds. The molecule has 1 fully saturated rings. The van der Waals surface area contributed by atoms with Gasteiger partial charge in [0.15, 0.2) is 0 Å². The van der Waals surface area contributed by atoms with Gasteiger partial charge < -0.3 is 10.2 Å². The summed E-state index contributed by atoms with van der Waals surface area (Å²) in [4.78, 5) is 25.2. The average Bonchev–Trinajstić information content (AvgIpc) is 3.07. The van der Waals surface area contributed by atoms with Crippen molar-refractivity contribution in [3.8, 4) is 0 Å². The van der Waals surface area contributed by atoms with E-state index < -0.39 is 11.7 Å². The molecule has 2 rings (SSSR count). The summed E-state index contributed by atoms with van der Waals surface area (Å²) in [6, 6.07) is 4.52. The number of benzene rings is 1. The largest absolute Gasteiger partial charge is 0.416 e. The van der Waals surface area contributed by atoms with Crippen molar-refractivity contribution in [1.82, 2.24) is 10.2 Å². The van der Waals surface area contributed by atoms with Crippen molar-refractivity contribution in [3.63, 3.8) is 0 Å². The van der Waals surface area contributed by atoms with Gasteiger partial charge in [0, 0.05) is 32.1 Å². The van der Waals surface area contributed by atoms with Crippen LogP contribution in [-0.4, -0.2) is 36.3 Å². The summed E-state index contributed by atoms with van der Waals surface area (Å²) in [5, 5.41) is 2.59. The second kappa shape index (κ2) is 7.99. The van der Waals surface area contributed by atoms with Crippen LogP contribution < -0.4 is 5.32 Å². The molecule has 1 aromatic carbocycles. The number of halogens is 3. The first-order chi connectivity index (χ1) is 11.4. The highest BCUT2D eigenvalue weighted by atomic mass is 19.4. The van der Waals surface area contributed by atoms with Crippen LogP contribution in [0.25, 0.3) is 6.08 Å². The van der Waals surface area contributed by atoms with E-state index in [1.54, 1.807) is 4.90 Å². The van der Waals surface area contributed by atoms with Gasteiger partial charge in [-0.15, -0.1) is 0 Å². The number of nitrogens with zero attached hydrogens (tertiary/aromatic N) is 1. The van der Waals surface area contributed by atoms with Gasteiger partial charge in [0.25, 0.3) is 0 Å². The summed E-state index contributed by atoms with van der Waals surface area (Å²) in [6.45, 7) is 1.80. The molecule has 1 N–H and O–H groups in total. The Hall–Kier alpha value is -2.31. The topological polar surface area (TPSA) is 49.4 Å². The van der Waals surface area contributed by atoms with Gasteiger partial charge in [-0.2, -0.15) is 13.2 Å². The zero-order valence-corrected chi connectivity index (χ0v) is 13.1. The van der Waals surface area contributed by atoms with E-state index in [1.807, 2.05) is 0 Å². The zero-order chi connectivity index (χ0) is 17.6. The third-order valence-corrected chi connectivity index (χ3v) is 3.76. The van der Waals surface area contributed by atoms with Crippen LogP contribution in [0, 0.1) is 0 Å². The highest BCUT2D eigenvalue weighted by Crippen LogP contribution is 2.29. The lowest BCUT2D eigenvalue weighted by Gasteiger charge is -2.14. The molecule has 0 spiro atoms. The summed E-state index contributed by atoms with van der Waals surface area (Å²) in [5.74, 6) is -0.358. The number of hydrogen-bond donors (Lipinski definition) is 1. The van der Waals surface area contributed by atoms with E-state index in [4.69, 9.17) is 0 Å². The molecule has 1 saturated heterocycles. The van der Waals surface area contributed by atoms with E-state index >= 15 is 0 Å². The van der Waals surface area contributed by atoms with Crippen molar-refractivity contribution < 1.29 is 22.8 Å². The normalized spacial score (nSPS) is 15.0. The van der Waals surface area contributed by atoms with Gasteiger partial charge in [-0.05, 0) is 36.6 Å². The fraction of sp³-hybridized carbons (Fsp3) is 0.412. The number of rotatable bonds is 5. The quantitative estimate of drug-likeness (QED) is 0.838. The number of nitrogens with one attached hydrogen (secondary N) is 1. The van der Waals surface area contributed by atoms with Crippen LogP contribution in [-0.2, 0) is 15.8 Å². The lowest BCUT2D eigenvalue weighted by Crippen LogP contribution is -2.32. The fourth-order valence-corrected chi connectivity index (χ4v) is 2.43. The number of likely N-dealkylation sites (tertiary alicyclic amines) is 1. The predicted octanol–water partition coefficient (Wildman–Crippen LogP) is 2.85. The van der Waals surface area contributed by atoms with Gasteiger partial charge in [0.05, 0.1) is 5.56 Å². The van der Waals surface area contributed by atoms with Gasteiger partial charge >= 0.3 is 6.18 Å². The summed E-state index contributed by atoms with van der Waals surface area (Å²) in [6.07, 6.45) is 0.587. The molecule has 0 atom stereocenters. The van der Waals surface area contributed by atoms with Crippen LogP contribution >= 0.6 is 0 Å². The van der Waals surface area contributed by atoms with Crippen LogP contribution in [0.2, 0.25) is 0 Å². The van der Waals surface area contributed by atoms with E-state index in [1.165, 1.54) is 24.3 Å². The summed E-state index contributed by atoms with van der Waals surface area (Å²) >= 11 is 0. The number of carbonyl (C=O) groups excluding carboxylic acids is 2. The molecular formula is C17H19F3N2O2. The van der Waals surface area contributed by atoms with E-state index in [2.05, 4.69) is 5.32 Å². The molecular weight excluding hydrogens is 321 g/mol. The Labute approximate surface area is 138 Å². The fourth-order valence-electron chi connectivity index (χ4n) is 2.43. The molecule has 1 aliphatic rings. The molecule has 0 unspecified atom stereocenters. The molecule has 1 aliphatic heterocycles. The van der Waals surface area contributed by atoms with Crippen molar-refractivity contribution in [1.29, 1.82) is 0 Å². The summed E-state index contributed by atoms with van der Waals surface area (Å²) in [7, 11) is 0. The van der Waals surface area contributed by atoms with Gasteiger partial charge in [-0.3, -0.25) is 9.59 Å². The van der Waals surface area contributed by atoms with Crippen LogP contribution in [0.1, 0.15) is 30.4 Å². The van der Waals surface area contributed by atoms with Gasteiger partial charge in [0.2, 0.25) is 11.8 Å². The predicted molar refractivity (Wildman–Crippen MR) is 83.9 cm³/mol. The number of hydrogen-bond acceptors (Lipinski definition) is 2. The van der Waals surface area contributed by atoms with Crippen LogP contribution in [0.15, 0.2) is 30.3 Å². The Morgan fingerprint density at radius 2 is 1.75 bits per heavy atom. The Bertz CT molecular complexity index is 603. The molecule has 0 aromatic heterocycles. The Balaban J connectivity index is 1.75. The minimum Gasteiger partial charge on any atom is -0.352 e. The SMILES string of the molecule is O=C(/C=C/c1ccc(C(F)(F)F)cc1)NCCC(=O)N1CCCC1. The van der Waals surface area contributed by atoms with Crippen molar-refractivity contribution in [2.75, 3.05) is 19.6 Å². The van der Waals surface area contributed by atoms with Gasteiger partial charge in [0.1, 0.15) is 0 Å². The minimum atomic E-state index is -4.37. The third-order valence-electron chi connectivity index (χ3n) is 3.76. The maximum Gasteiger partial charge on any atom is 0.416 e. The van der Waals surface area contributed by atoms with Gasteiger partial charge in [-0.25, -0.2) is 0 Å².